The average molecular weight is 395 g/mol. The van der Waals surface area contributed by atoms with Crippen molar-refractivity contribution in [1.82, 2.24) is 0 Å². The minimum atomic E-state index is -0.826. The zero-order valence-corrected chi connectivity index (χ0v) is 15.6. The van der Waals surface area contributed by atoms with Gasteiger partial charge in [0.15, 0.2) is 0 Å². The van der Waals surface area contributed by atoms with Gasteiger partial charge in [0, 0.05) is 18.9 Å². The van der Waals surface area contributed by atoms with E-state index in [1.807, 2.05) is 25.1 Å². The second-order valence-electron chi connectivity index (χ2n) is 4.69. The molecule has 0 saturated heterocycles. The zero-order valence-electron chi connectivity index (χ0n) is 11.6. The van der Waals surface area contributed by atoms with Crippen LogP contribution in [0.4, 0.5) is 0 Å². The van der Waals surface area contributed by atoms with Gasteiger partial charge in [0.05, 0.1) is 12.1 Å². The molecule has 1 fully saturated rings. The number of halogens is 2. The molecule has 110 valence electrons. The molecule has 3 nitrogen and oxygen atoms in total. The number of hydrogen-bond acceptors (Lipinski definition) is 3. The van der Waals surface area contributed by atoms with Crippen molar-refractivity contribution in [2.45, 2.75) is 38.3 Å². The fraction of sp³-hybridized carbons (Fsp3) is 0.500. The van der Waals surface area contributed by atoms with Gasteiger partial charge < -0.3 is 9.84 Å². The second kappa shape index (κ2) is 9.94. The van der Waals surface area contributed by atoms with Crippen molar-refractivity contribution in [3.8, 4) is 5.75 Å². The summed E-state index contributed by atoms with van der Waals surface area (Å²) in [6.07, 6.45) is 5.27. The van der Waals surface area contributed by atoms with Gasteiger partial charge in [-0.1, -0.05) is 12.1 Å². The van der Waals surface area contributed by atoms with E-state index in [2.05, 4.69) is 4.99 Å². The van der Waals surface area contributed by atoms with Gasteiger partial charge in [-0.25, -0.2) is 0 Å². The van der Waals surface area contributed by atoms with Crippen LogP contribution < -0.4 is 0 Å². The van der Waals surface area contributed by atoms with Crippen LogP contribution in [0.2, 0.25) is 0 Å². The molecule has 20 heavy (non-hydrogen) atoms. The number of nitrogens with zero attached hydrogens (tertiary/aromatic N) is 1. The molecule has 1 N–H and O–H groups in total. The van der Waals surface area contributed by atoms with Gasteiger partial charge in [-0.3, -0.25) is 4.99 Å². The average Bonchev–Trinajstić information content (AvgIpc) is 2.89. The first-order valence-corrected chi connectivity index (χ1v) is 12.8. The summed E-state index contributed by atoms with van der Waals surface area (Å²) in [5.41, 5.74) is 1.68. The van der Waals surface area contributed by atoms with E-state index in [1.54, 1.807) is 13.3 Å². The summed E-state index contributed by atoms with van der Waals surface area (Å²) in [6, 6.07) is 6.04. The number of phenols is 1. The molecule has 0 amide bonds. The van der Waals surface area contributed by atoms with Crippen LogP contribution in [0.3, 0.4) is 0 Å². The van der Waals surface area contributed by atoms with Crippen LogP contribution in [0.1, 0.15) is 30.4 Å². The van der Waals surface area contributed by atoms with Crippen LogP contribution in [-0.2, 0) is 25.6 Å². The van der Waals surface area contributed by atoms with Crippen molar-refractivity contribution in [3.05, 3.63) is 29.3 Å². The molecule has 6 heteroatoms. The fourth-order valence-electron chi connectivity index (χ4n) is 2.24. The van der Waals surface area contributed by atoms with Crippen molar-refractivity contribution in [1.29, 1.82) is 0 Å². The molecule has 0 bridgehead atoms. The summed E-state index contributed by atoms with van der Waals surface area (Å²) < 4.78 is 5.31. The van der Waals surface area contributed by atoms with E-state index < -0.39 is 20.8 Å². The first-order chi connectivity index (χ1) is 9.62. The van der Waals surface area contributed by atoms with Gasteiger partial charge in [0.25, 0.3) is 0 Å². The Morgan fingerprint density at radius 3 is 2.70 bits per heavy atom. The van der Waals surface area contributed by atoms with Gasteiger partial charge in [-0.05, 0) is 37.8 Å². The van der Waals surface area contributed by atoms with E-state index >= 15 is 0 Å². The van der Waals surface area contributed by atoms with E-state index in [-0.39, 0.29) is 0 Å². The van der Waals surface area contributed by atoms with Crippen LogP contribution >= 0.6 is 17.0 Å². The third-order valence-electron chi connectivity index (χ3n) is 3.38. The van der Waals surface area contributed by atoms with Crippen LogP contribution in [0, 0.1) is 6.92 Å². The molecule has 2 atom stereocenters. The van der Waals surface area contributed by atoms with E-state index in [9.17, 15) is 5.11 Å². The standard InChI is InChI=1S/C14H19NO2.2ClH.Zr/c1-10-4-3-5-11(14(10)16)9-15-12-6-7-13(8-12)17-2;;;/h3-5,9,12-13,16H,6-8H2,1-2H3;2*1H;/q;;;+2/p-2. The second-order valence-corrected chi connectivity index (χ2v) is 8.42. The molecule has 2 unspecified atom stereocenters. The van der Waals surface area contributed by atoms with Gasteiger partial charge in [0.2, 0.25) is 0 Å². The van der Waals surface area contributed by atoms with Crippen molar-refractivity contribution < 1.29 is 30.7 Å². The van der Waals surface area contributed by atoms with Crippen LogP contribution in [-0.4, -0.2) is 30.6 Å². The summed E-state index contributed by atoms with van der Waals surface area (Å²) in [6.45, 7) is 1.89. The van der Waals surface area contributed by atoms with Crippen LogP contribution in [0.25, 0.3) is 0 Å². The van der Waals surface area contributed by atoms with Crippen LogP contribution in [0.15, 0.2) is 23.2 Å². The third-order valence-corrected chi connectivity index (χ3v) is 3.38. The number of hydrogen-bond donors (Lipinski definition) is 1. The Kier molecular flexibility index (Phi) is 9.03. The maximum atomic E-state index is 9.85. The number of benzene rings is 1. The molecule has 0 spiro atoms. The zero-order chi connectivity index (χ0) is 15.0. The number of ether oxygens (including phenoxy) is 1. The fourth-order valence-corrected chi connectivity index (χ4v) is 2.24. The van der Waals surface area contributed by atoms with Gasteiger partial charge in [-0.15, -0.1) is 0 Å². The number of rotatable bonds is 3. The summed E-state index contributed by atoms with van der Waals surface area (Å²) in [4.78, 5) is 4.53. The normalized spacial score (nSPS) is 21.6. The van der Waals surface area contributed by atoms with E-state index in [0.29, 0.717) is 17.9 Å². The van der Waals surface area contributed by atoms with E-state index in [1.165, 1.54) is 0 Å². The Labute approximate surface area is 139 Å². The Hall–Kier alpha value is 0.113. The molecule has 1 saturated carbocycles. The Morgan fingerprint density at radius 2 is 2.10 bits per heavy atom. The number of para-hydroxylation sites is 1. The summed E-state index contributed by atoms with van der Waals surface area (Å²) in [5, 5.41) is 9.85. The SMILES string of the molecule is COC1CCC(N=Cc2cccc(C)c2O)C1.[Cl][Zr][Cl]. The third kappa shape index (κ3) is 5.85. The molecule has 1 aromatic rings. The first-order valence-electron chi connectivity index (χ1n) is 6.43. The van der Waals surface area contributed by atoms with Gasteiger partial charge in [0.1, 0.15) is 5.75 Å². The Morgan fingerprint density at radius 1 is 1.40 bits per heavy atom. The molecule has 0 heterocycles. The number of phenolic OH excluding ortho intramolecular Hbond substituents is 1. The van der Waals surface area contributed by atoms with Crippen LogP contribution in [0.5, 0.6) is 5.75 Å². The number of methoxy groups -OCH3 is 1. The molecule has 1 aromatic carbocycles. The molecular formula is C14H19Cl2NO2Zr. The molecule has 2 rings (SSSR count). The van der Waals surface area contributed by atoms with Gasteiger partial charge in [-0.2, -0.15) is 0 Å². The molecule has 0 aliphatic heterocycles. The predicted octanol–water partition coefficient (Wildman–Crippen LogP) is 4.06. The first kappa shape index (κ1) is 18.2. The molecule has 0 radical (unpaired) electrons. The monoisotopic (exact) mass is 393 g/mol. The van der Waals surface area contributed by atoms with Crippen molar-refractivity contribution in [3.63, 3.8) is 0 Å². The summed E-state index contributed by atoms with van der Waals surface area (Å²) in [7, 11) is 11.6. The summed E-state index contributed by atoms with van der Waals surface area (Å²) in [5.74, 6) is 0.331. The van der Waals surface area contributed by atoms with Crippen molar-refractivity contribution in [2.75, 3.05) is 7.11 Å². The number of aryl methyl sites for hydroxylation is 1. The minimum absolute atomic E-state index is 0.331. The Balaban J connectivity index is 0.000000612. The van der Waals surface area contributed by atoms with Gasteiger partial charge >= 0.3 is 37.9 Å². The Bertz CT molecular complexity index is 443. The predicted molar refractivity (Wildman–Crippen MR) is 80.6 cm³/mol. The van der Waals surface area contributed by atoms with Crippen molar-refractivity contribution in [2.24, 2.45) is 4.99 Å². The maximum absolute atomic E-state index is 9.85. The van der Waals surface area contributed by atoms with Crippen molar-refractivity contribution >= 4 is 23.2 Å². The molecule has 1 aliphatic rings. The van der Waals surface area contributed by atoms with E-state index in [0.717, 1.165) is 30.4 Å². The topological polar surface area (TPSA) is 41.8 Å². The van der Waals surface area contributed by atoms with E-state index in [4.69, 9.17) is 21.8 Å². The molecule has 1 aliphatic carbocycles. The number of aromatic hydroxyl groups is 1. The quantitative estimate of drug-likeness (QED) is 0.784. The molecule has 0 aromatic heterocycles. The number of aliphatic imine (C=N–C) groups is 1. The molecular weight excluding hydrogens is 376 g/mol. The summed E-state index contributed by atoms with van der Waals surface area (Å²) >= 11 is -0.826.